The molecule has 0 spiro atoms. The van der Waals surface area contributed by atoms with Crippen LogP contribution in [0.25, 0.3) is 0 Å². The first-order valence-electron chi connectivity index (χ1n) is 10.3. The van der Waals surface area contributed by atoms with Gasteiger partial charge < -0.3 is 5.32 Å². The molecular weight excluding hydrogens is 340 g/mol. The average molecular weight is 373 g/mol. The number of para-hydroxylation sites is 1. The van der Waals surface area contributed by atoms with Gasteiger partial charge in [0.25, 0.3) is 0 Å². The third-order valence-corrected chi connectivity index (χ3v) is 5.40. The maximum atomic E-state index is 4.73. The Morgan fingerprint density at radius 2 is 1.39 bits per heavy atom. The first-order chi connectivity index (χ1) is 13.4. The highest BCUT2D eigenvalue weighted by molar-refractivity contribution is 5.62. The van der Waals surface area contributed by atoms with Crippen LogP contribution in [0.5, 0.6) is 0 Å². The van der Waals surface area contributed by atoms with E-state index in [9.17, 15) is 0 Å². The van der Waals surface area contributed by atoms with Crippen LogP contribution >= 0.6 is 0 Å². The molecule has 3 aromatic rings. The largest absolute Gasteiger partial charge is 0.373 e. The Labute approximate surface area is 170 Å². The lowest BCUT2D eigenvalue weighted by Crippen LogP contribution is -2.36. The molecule has 1 aromatic heterocycles. The van der Waals surface area contributed by atoms with Crippen molar-refractivity contribution in [2.45, 2.75) is 58.4 Å². The predicted octanol–water partition coefficient (Wildman–Crippen LogP) is 6.90. The van der Waals surface area contributed by atoms with Crippen molar-refractivity contribution < 1.29 is 0 Å². The zero-order valence-corrected chi connectivity index (χ0v) is 17.7. The molecule has 0 radical (unpaired) electrons. The summed E-state index contributed by atoms with van der Waals surface area (Å²) in [7, 11) is 0. The van der Waals surface area contributed by atoms with Crippen LogP contribution in [-0.2, 0) is 12.0 Å². The second-order valence-corrected chi connectivity index (χ2v) is 8.46. The van der Waals surface area contributed by atoms with E-state index in [2.05, 4.69) is 101 Å². The Hall–Kier alpha value is -2.61. The standard InChI is InChI=1S/C26H32N2/c1-19(2)22-14-11-15-23(20(3)4)25(22)28-26(5,24-16-9-10-17-27-24)18-21-12-7-6-8-13-21/h6-17,19-20,28H,18H2,1-5H3. The number of aromatic nitrogens is 1. The Bertz CT molecular complexity index is 859. The third-order valence-electron chi connectivity index (χ3n) is 5.40. The van der Waals surface area contributed by atoms with E-state index in [1.165, 1.54) is 22.4 Å². The van der Waals surface area contributed by atoms with E-state index in [-0.39, 0.29) is 5.54 Å². The number of benzene rings is 2. The van der Waals surface area contributed by atoms with Gasteiger partial charge in [-0.25, -0.2) is 0 Å². The van der Waals surface area contributed by atoms with Crippen molar-refractivity contribution in [2.75, 3.05) is 5.32 Å². The molecule has 2 nitrogen and oxygen atoms in total. The van der Waals surface area contributed by atoms with Crippen molar-refractivity contribution in [3.8, 4) is 0 Å². The Balaban J connectivity index is 2.11. The van der Waals surface area contributed by atoms with E-state index in [1.807, 2.05) is 12.3 Å². The van der Waals surface area contributed by atoms with Gasteiger partial charge in [0.15, 0.2) is 0 Å². The van der Waals surface area contributed by atoms with Crippen LogP contribution in [0, 0.1) is 0 Å². The molecule has 28 heavy (non-hydrogen) atoms. The zero-order valence-electron chi connectivity index (χ0n) is 17.7. The Morgan fingerprint density at radius 1 is 0.786 bits per heavy atom. The maximum Gasteiger partial charge on any atom is 0.0808 e. The highest BCUT2D eigenvalue weighted by Crippen LogP contribution is 2.37. The number of hydrogen-bond acceptors (Lipinski definition) is 2. The average Bonchev–Trinajstić information content (AvgIpc) is 2.69. The number of pyridine rings is 1. The van der Waals surface area contributed by atoms with Crippen LogP contribution < -0.4 is 5.32 Å². The molecule has 0 amide bonds. The number of hydrogen-bond donors (Lipinski definition) is 1. The quantitative estimate of drug-likeness (QED) is 0.488. The van der Waals surface area contributed by atoms with E-state index in [0.717, 1.165) is 12.1 Å². The molecule has 1 atom stereocenters. The summed E-state index contributed by atoms with van der Waals surface area (Å²) >= 11 is 0. The molecule has 1 N–H and O–H groups in total. The fourth-order valence-corrected chi connectivity index (χ4v) is 3.86. The minimum absolute atomic E-state index is 0.308. The molecule has 2 aromatic carbocycles. The topological polar surface area (TPSA) is 24.9 Å². The van der Waals surface area contributed by atoms with Crippen LogP contribution in [0.2, 0.25) is 0 Å². The van der Waals surface area contributed by atoms with E-state index in [0.29, 0.717) is 11.8 Å². The molecule has 0 bridgehead atoms. The van der Waals surface area contributed by atoms with E-state index >= 15 is 0 Å². The van der Waals surface area contributed by atoms with Gasteiger partial charge in [-0.15, -0.1) is 0 Å². The summed E-state index contributed by atoms with van der Waals surface area (Å²) in [4.78, 5) is 4.73. The summed E-state index contributed by atoms with van der Waals surface area (Å²) < 4.78 is 0. The normalized spacial score (nSPS) is 13.5. The highest BCUT2D eigenvalue weighted by Gasteiger charge is 2.30. The molecule has 0 saturated carbocycles. The molecule has 0 aliphatic rings. The van der Waals surface area contributed by atoms with Gasteiger partial charge >= 0.3 is 0 Å². The number of nitrogens with one attached hydrogen (secondary N) is 1. The minimum atomic E-state index is -0.308. The first-order valence-corrected chi connectivity index (χ1v) is 10.3. The van der Waals surface area contributed by atoms with Crippen molar-refractivity contribution in [1.29, 1.82) is 0 Å². The first kappa shape index (κ1) is 20.1. The fourth-order valence-electron chi connectivity index (χ4n) is 3.86. The van der Waals surface area contributed by atoms with Crippen LogP contribution in [-0.4, -0.2) is 4.98 Å². The molecule has 0 aliphatic carbocycles. The lowest BCUT2D eigenvalue weighted by molar-refractivity contribution is 0.520. The van der Waals surface area contributed by atoms with E-state index in [4.69, 9.17) is 4.98 Å². The SMILES string of the molecule is CC(C)c1cccc(C(C)C)c1NC(C)(Cc1ccccc1)c1ccccn1. The fraction of sp³-hybridized carbons (Fsp3) is 0.346. The second kappa shape index (κ2) is 8.60. The van der Waals surface area contributed by atoms with Crippen molar-refractivity contribution in [2.24, 2.45) is 0 Å². The predicted molar refractivity (Wildman–Crippen MR) is 120 cm³/mol. The lowest BCUT2D eigenvalue weighted by Gasteiger charge is -2.35. The van der Waals surface area contributed by atoms with Gasteiger partial charge in [0.2, 0.25) is 0 Å². The monoisotopic (exact) mass is 372 g/mol. The maximum absolute atomic E-state index is 4.73. The van der Waals surface area contributed by atoms with Crippen molar-refractivity contribution in [3.05, 3.63) is 95.3 Å². The molecule has 0 saturated heterocycles. The molecule has 2 heteroatoms. The van der Waals surface area contributed by atoms with Crippen LogP contribution in [0.4, 0.5) is 5.69 Å². The van der Waals surface area contributed by atoms with Gasteiger partial charge in [0.1, 0.15) is 0 Å². The molecule has 1 unspecified atom stereocenters. The Kier molecular flexibility index (Phi) is 6.18. The number of anilines is 1. The van der Waals surface area contributed by atoms with Gasteiger partial charge in [-0.1, -0.05) is 82.3 Å². The summed E-state index contributed by atoms with van der Waals surface area (Å²) in [6, 6.07) is 23.5. The summed E-state index contributed by atoms with van der Waals surface area (Å²) in [6.45, 7) is 11.3. The summed E-state index contributed by atoms with van der Waals surface area (Å²) in [5.41, 5.74) is 6.04. The van der Waals surface area contributed by atoms with E-state index < -0.39 is 0 Å². The molecule has 0 fully saturated rings. The van der Waals surface area contributed by atoms with Gasteiger partial charge in [-0.05, 0) is 47.6 Å². The van der Waals surface area contributed by atoms with Gasteiger partial charge in [-0.3, -0.25) is 4.98 Å². The van der Waals surface area contributed by atoms with Crippen LogP contribution in [0.15, 0.2) is 72.9 Å². The van der Waals surface area contributed by atoms with Gasteiger partial charge in [0, 0.05) is 18.3 Å². The summed E-state index contributed by atoms with van der Waals surface area (Å²) in [5.74, 6) is 0.900. The molecule has 1 heterocycles. The molecule has 146 valence electrons. The van der Waals surface area contributed by atoms with Crippen LogP contribution in [0.3, 0.4) is 0 Å². The van der Waals surface area contributed by atoms with Crippen LogP contribution in [0.1, 0.15) is 68.8 Å². The van der Waals surface area contributed by atoms with Gasteiger partial charge in [-0.2, -0.15) is 0 Å². The number of nitrogens with zero attached hydrogens (tertiary/aromatic N) is 1. The van der Waals surface area contributed by atoms with Crippen molar-refractivity contribution in [3.63, 3.8) is 0 Å². The second-order valence-electron chi connectivity index (χ2n) is 8.46. The number of rotatable bonds is 7. The summed E-state index contributed by atoms with van der Waals surface area (Å²) in [5, 5.41) is 3.96. The Morgan fingerprint density at radius 3 is 1.93 bits per heavy atom. The lowest BCUT2D eigenvalue weighted by atomic mass is 9.86. The smallest absolute Gasteiger partial charge is 0.0808 e. The molecular formula is C26H32N2. The van der Waals surface area contributed by atoms with Gasteiger partial charge in [0.05, 0.1) is 11.2 Å². The van der Waals surface area contributed by atoms with Crippen molar-refractivity contribution in [1.82, 2.24) is 4.98 Å². The zero-order chi connectivity index (χ0) is 20.1. The minimum Gasteiger partial charge on any atom is -0.373 e. The summed E-state index contributed by atoms with van der Waals surface area (Å²) in [6.07, 6.45) is 2.76. The molecule has 0 aliphatic heterocycles. The highest BCUT2D eigenvalue weighted by atomic mass is 15.0. The third kappa shape index (κ3) is 4.44. The van der Waals surface area contributed by atoms with Crippen molar-refractivity contribution >= 4 is 5.69 Å². The van der Waals surface area contributed by atoms with E-state index in [1.54, 1.807) is 0 Å². The molecule has 3 rings (SSSR count).